The molecule has 0 aliphatic heterocycles. The smallest absolute Gasteiger partial charge is 0.309 e. The maximum absolute atomic E-state index is 14.2. The summed E-state index contributed by atoms with van der Waals surface area (Å²) in [5, 5.41) is 16.1. The van der Waals surface area contributed by atoms with Gasteiger partial charge >= 0.3 is 6.18 Å². The Labute approximate surface area is 324 Å². The van der Waals surface area contributed by atoms with Crippen LogP contribution in [0, 0.1) is 11.3 Å². The van der Waals surface area contributed by atoms with Gasteiger partial charge in [-0.1, -0.05) is 91.0 Å². The first-order chi connectivity index (χ1) is 27.9. The number of fused-ring (bicyclic) bond motifs is 9. The van der Waals surface area contributed by atoms with Crippen LogP contribution in [0.5, 0.6) is 0 Å². The van der Waals surface area contributed by atoms with Crippen molar-refractivity contribution in [2.24, 2.45) is 0 Å². The van der Waals surface area contributed by atoms with Gasteiger partial charge in [0.2, 0.25) is 0 Å². The fraction of sp³-hybridized carbons (Fsp3) is 0.0200. The molecule has 0 aliphatic carbocycles. The number of rotatable bonds is 4. The molecule has 3 aromatic heterocycles. The van der Waals surface area contributed by atoms with Crippen molar-refractivity contribution in [3.63, 3.8) is 0 Å². The predicted molar refractivity (Wildman–Crippen MR) is 225 cm³/mol. The highest BCUT2D eigenvalue weighted by atomic mass is 19.4. The zero-order valence-electron chi connectivity index (χ0n) is 30.2. The van der Waals surface area contributed by atoms with Gasteiger partial charge < -0.3 is 13.7 Å². The van der Waals surface area contributed by atoms with E-state index in [4.69, 9.17) is 0 Å². The SMILES string of the molecule is N#Cc1ccc(-c2ccc(-n3c4ccc(-n5c6ccccc6c6ccccc65)cc4c4cc(-n5c6ccccc6c6ccccc65)ccc43)cc2)c(C(F)(F)F)c1. The predicted octanol–water partition coefficient (Wildman–Crippen LogP) is 13.5. The summed E-state index contributed by atoms with van der Waals surface area (Å²) in [6.45, 7) is 0. The number of benzene rings is 8. The Morgan fingerprint density at radius 2 is 0.772 bits per heavy atom. The molecular weight excluding hydrogens is 714 g/mol. The molecule has 0 amide bonds. The van der Waals surface area contributed by atoms with Gasteiger partial charge in [-0.15, -0.1) is 0 Å². The second-order valence-electron chi connectivity index (χ2n) is 14.4. The number of halogens is 3. The average molecular weight is 743 g/mol. The summed E-state index contributed by atoms with van der Waals surface area (Å²) >= 11 is 0. The van der Waals surface area contributed by atoms with Gasteiger partial charge in [0.25, 0.3) is 0 Å². The largest absolute Gasteiger partial charge is 0.417 e. The minimum absolute atomic E-state index is 0.0295. The molecule has 0 fully saturated rings. The van der Waals surface area contributed by atoms with Crippen LogP contribution in [-0.4, -0.2) is 13.7 Å². The molecule has 0 bridgehead atoms. The first kappa shape index (κ1) is 32.8. The van der Waals surface area contributed by atoms with Gasteiger partial charge in [0.15, 0.2) is 0 Å². The quantitative estimate of drug-likeness (QED) is 0.177. The molecule has 0 radical (unpaired) electrons. The molecule has 3 heterocycles. The Bertz CT molecular complexity index is 3190. The van der Waals surface area contributed by atoms with E-state index in [0.29, 0.717) is 5.56 Å². The maximum atomic E-state index is 14.2. The molecular formula is C50H29F3N4. The van der Waals surface area contributed by atoms with E-state index in [2.05, 4.69) is 147 Å². The van der Waals surface area contributed by atoms with Crippen molar-refractivity contribution in [2.75, 3.05) is 0 Å². The molecule has 0 unspecified atom stereocenters. The Balaban J connectivity index is 1.16. The molecule has 0 spiro atoms. The molecule has 0 saturated heterocycles. The van der Waals surface area contributed by atoms with Gasteiger partial charge in [-0.3, -0.25) is 0 Å². The van der Waals surface area contributed by atoms with Crippen molar-refractivity contribution >= 4 is 65.4 Å². The third-order valence-corrected chi connectivity index (χ3v) is 11.3. The Hall–Kier alpha value is -7.56. The van der Waals surface area contributed by atoms with Gasteiger partial charge in [-0.25, -0.2) is 0 Å². The van der Waals surface area contributed by atoms with Gasteiger partial charge in [-0.2, -0.15) is 18.4 Å². The molecule has 0 aliphatic rings. The lowest BCUT2D eigenvalue weighted by Gasteiger charge is -2.15. The normalized spacial score (nSPS) is 12.1. The number of para-hydroxylation sites is 4. The number of alkyl halides is 3. The van der Waals surface area contributed by atoms with Crippen LogP contribution >= 0.6 is 0 Å². The highest BCUT2D eigenvalue weighted by molar-refractivity contribution is 6.14. The molecule has 11 aromatic rings. The van der Waals surface area contributed by atoms with Crippen LogP contribution in [-0.2, 0) is 6.18 Å². The van der Waals surface area contributed by atoms with Gasteiger partial charge in [0, 0.05) is 49.4 Å². The molecule has 270 valence electrons. The first-order valence-corrected chi connectivity index (χ1v) is 18.6. The summed E-state index contributed by atoms with van der Waals surface area (Å²) in [5.74, 6) is 0. The molecule has 7 heteroatoms. The van der Waals surface area contributed by atoms with E-state index in [-0.39, 0.29) is 11.1 Å². The maximum Gasteiger partial charge on any atom is 0.417 e. The molecule has 4 nitrogen and oxygen atoms in total. The van der Waals surface area contributed by atoms with Crippen molar-refractivity contribution in [1.82, 2.24) is 13.7 Å². The molecule has 0 N–H and O–H groups in total. The van der Waals surface area contributed by atoms with E-state index < -0.39 is 11.7 Å². The standard InChI is InChI=1S/C50H29F3N4/c51-50(52,53)43-27-31(30-54)17-24-36(43)32-18-20-33(21-19-32)55-48-25-22-34(56-44-13-5-1-9-37(44)38-10-2-6-14-45(38)56)28-41(48)42-29-35(23-26-49(42)55)57-46-15-7-3-11-39(46)40-12-4-8-16-47(40)57/h1-29H. The van der Waals surface area contributed by atoms with Gasteiger partial charge in [0.1, 0.15) is 0 Å². The lowest BCUT2D eigenvalue weighted by molar-refractivity contribution is -0.137. The van der Waals surface area contributed by atoms with Crippen molar-refractivity contribution in [1.29, 1.82) is 5.26 Å². The second kappa shape index (κ2) is 12.2. The number of hydrogen-bond acceptors (Lipinski definition) is 1. The summed E-state index contributed by atoms with van der Waals surface area (Å²) in [4.78, 5) is 0. The molecule has 8 aromatic carbocycles. The van der Waals surface area contributed by atoms with Gasteiger partial charge in [0.05, 0.1) is 50.3 Å². The fourth-order valence-corrected chi connectivity index (χ4v) is 8.85. The molecule has 0 saturated carbocycles. The van der Waals surface area contributed by atoms with Crippen LogP contribution in [0.4, 0.5) is 13.2 Å². The van der Waals surface area contributed by atoms with E-state index >= 15 is 0 Å². The topological polar surface area (TPSA) is 38.6 Å². The number of aromatic nitrogens is 3. The molecule has 11 rings (SSSR count). The number of hydrogen-bond donors (Lipinski definition) is 0. The zero-order valence-corrected chi connectivity index (χ0v) is 30.2. The summed E-state index contributed by atoms with van der Waals surface area (Å²) in [5.41, 5.74) is 8.84. The minimum atomic E-state index is -4.62. The molecule has 0 atom stereocenters. The number of nitriles is 1. The Morgan fingerprint density at radius 3 is 1.19 bits per heavy atom. The van der Waals surface area contributed by atoms with Crippen LogP contribution in [0.25, 0.3) is 93.6 Å². The first-order valence-electron chi connectivity index (χ1n) is 18.6. The Kier molecular flexibility index (Phi) is 7.04. The van der Waals surface area contributed by atoms with Crippen LogP contribution in [0.1, 0.15) is 11.1 Å². The van der Waals surface area contributed by atoms with Crippen LogP contribution in [0.3, 0.4) is 0 Å². The highest BCUT2D eigenvalue weighted by Crippen LogP contribution is 2.41. The summed E-state index contributed by atoms with van der Waals surface area (Å²) in [7, 11) is 0. The highest BCUT2D eigenvalue weighted by Gasteiger charge is 2.34. The van der Waals surface area contributed by atoms with Crippen LogP contribution < -0.4 is 0 Å². The number of nitrogens with zero attached hydrogens (tertiary/aromatic N) is 4. The fourth-order valence-electron chi connectivity index (χ4n) is 8.85. The summed E-state index contributed by atoms with van der Waals surface area (Å²) < 4.78 is 49.4. The third kappa shape index (κ3) is 4.94. The van der Waals surface area contributed by atoms with E-state index in [1.165, 1.54) is 33.7 Å². The average Bonchev–Trinajstić information content (AvgIpc) is 3.88. The van der Waals surface area contributed by atoms with Crippen molar-refractivity contribution in [3.8, 4) is 34.3 Å². The minimum Gasteiger partial charge on any atom is -0.309 e. The zero-order chi connectivity index (χ0) is 38.4. The molecule has 57 heavy (non-hydrogen) atoms. The van der Waals surface area contributed by atoms with E-state index in [1.54, 1.807) is 12.1 Å². The van der Waals surface area contributed by atoms with E-state index in [1.807, 2.05) is 18.2 Å². The van der Waals surface area contributed by atoms with Crippen molar-refractivity contribution < 1.29 is 13.2 Å². The van der Waals surface area contributed by atoms with E-state index in [0.717, 1.165) is 67.0 Å². The lowest BCUT2D eigenvalue weighted by atomic mass is 9.97. The monoisotopic (exact) mass is 742 g/mol. The van der Waals surface area contributed by atoms with E-state index in [9.17, 15) is 18.4 Å². The summed E-state index contributed by atoms with van der Waals surface area (Å²) in [6, 6.07) is 59.7. The Morgan fingerprint density at radius 1 is 0.386 bits per heavy atom. The third-order valence-electron chi connectivity index (χ3n) is 11.3. The van der Waals surface area contributed by atoms with Crippen LogP contribution in [0.15, 0.2) is 176 Å². The lowest BCUT2D eigenvalue weighted by Crippen LogP contribution is -2.07. The van der Waals surface area contributed by atoms with Crippen molar-refractivity contribution in [2.45, 2.75) is 6.18 Å². The van der Waals surface area contributed by atoms with Crippen molar-refractivity contribution in [3.05, 3.63) is 187 Å². The summed E-state index contributed by atoms with van der Waals surface area (Å²) in [6.07, 6.45) is -4.62. The second-order valence-corrected chi connectivity index (χ2v) is 14.4. The van der Waals surface area contributed by atoms with Gasteiger partial charge in [-0.05, 0) is 96.1 Å². The van der Waals surface area contributed by atoms with Crippen LogP contribution in [0.2, 0.25) is 0 Å².